The molecule has 0 saturated carbocycles. The van der Waals surface area contributed by atoms with E-state index in [1.165, 1.54) is 24.9 Å². The molecule has 3 N–H and O–H groups in total. The number of hydrogen-bond donors (Lipinski definition) is 3. The molecule has 3 amide bonds. The second-order valence-corrected chi connectivity index (χ2v) is 12.3. The van der Waals surface area contributed by atoms with Crippen molar-refractivity contribution in [1.29, 1.82) is 0 Å². The molecule has 11 heteroatoms. The van der Waals surface area contributed by atoms with Crippen molar-refractivity contribution in [3.05, 3.63) is 122 Å². The van der Waals surface area contributed by atoms with Gasteiger partial charge in [0.2, 0.25) is 5.91 Å². The quantitative estimate of drug-likeness (QED) is 0.109. The highest BCUT2D eigenvalue weighted by Gasteiger charge is 2.21. The topological polar surface area (TPSA) is 96.5 Å². The van der Waals surface area contributed by atoms with Crippen molar-refractivity contribution in [2.24, 2.45) is 0 Å². The van der Waals surface area contributed by atoms with Crippen LogP contribution in [0.1, 0.15) is 34.8 Å². The van der Waals surface area contributed by atoms with Crippen molar-refractivity contribution >= 4 is 81.7 Å². The zero-order chi connectivity index (χ0) is 32.5. The summed E-state index contributed by atoms with van der Waals surface area (Å²) in [5, 5.41) is 9.19. The van der Waals surface area contributed by atoms with Gasteiger partial charge in [0.05, 0.1) is 18.0 Å². The lowest BCUT2D eigenvalue weighted by Crippen LogP contribution is -2.30. The Morgan fingerprint density at radius 3 is 2.22 bits per heavy atom. The standard InChI is InChI=1S/C34H30Cl3N3O4S/c1-4-31(34(43)39-28-16-20(2)27(37)19-30(28)44-3)45-23-13-8-12-22(17-23)38-33(42)29(18-24-25(35)14-9-15-26(24)36)40-32(41)21-10-6-5-7-11-21/h5-19,31H,4H2,1-3H3,(H,38,42)(H,39,43)(H,40,41)/b29-18+. The number of ether oxygens (including phenoxy) is 1. The first-order valence-electron chi connectivity index (χ1n) is 13.8. The Labute approximate surface area is 281 Å². The van der Waals surface area contributed by atoms with Crippen LogP contribution in [0.25, 0.3) is 6.08 Å². The van der Waals surface area contributed by atoms with Gasteiger partial charge in [0.1, 0.15) is 11.4 Å². The summed E-state index contributed by atoms with van der Waals surface area (Å²) in [4.78, 5) is 40.5. The fourth-order valence-corrected chi connectivity index (χ4v) is 5.88. The van der Waals surface area contributed by atoms with Crippen molar-refractivity contribution in [2.75, 3.05) is 17.7 Å². The molecule has 0 spiro atoms. The van der Waals surface area contributed by atoms with E-state index in [0.717, 1.165) is 10.5 Å². The smallest absolute Gasteiger partial charge is 0.272 e. The zero-order valence-corrected chi connectivity index (χ0v) is 27.7. The number of anilines is 2. The first kappa shape index (κ1) is 33.9. The van der Waals surface area contributed by atoms with E-state index in [2.05, 4.69) is 16.0 Å². The number of methoxy groups -OCH3 is 1. The van der Waals surface area contributed by atoms with Crippen LogP contribution in [0.4, 0.5) is 11.4 Å². The Bertz CT molecular complexity index is 1730. The minimum Gasteiger partial charge on any atom is -0.495 e. The number of amides is 3. The van der Waals surface area contributed by atoms with Crippen LogP contribution in [0.2, 0.25) is 15.1 Å². The molecule has 1 unspecified atom stereocenters. The van der Waals surface area contributed by atoms with Gasteiger partial charge >= 0.3 is 0 Å². The first-order valence-corrected chi connectivity index (χ1v) is 15.9. The number of thioether (sulfide) groups is 1. The highest BCUT2D eigenvalue weighted by Crippen LogP contribution is 2.33. The van der Waals surface area contributed by atoms with Crippen molar-refractivity contribution in [3.8, 4) is 5.75 Å². The Hall–Kier alpha value is -3.95. The number of rotatable bonds is 11. The van der Waals surface area contributed by atoms with Gasteiger partial charge in [-0.05, 0) is 73.5 Å². The second-order valence-electron chi connectivity index (χ2n) is 9.80. The normalized spacial score (nSPS) is 11.8. The fraction of sp³-hybridized carbons (Fsp3) is 0.147. The van der Waals surface area contributed by atoms with Gasteiger partial charge in [-0.15, -0.1) is 11.8 Å². The van der Waals surface area contributed by atoms with Crippen molar-refractivity contribution in [2.45, 2.75) is 30.4 Å². The van der Waals surface area contributed by atoms with Gasteiger partial charge in [-0.2, -0.15) is 0 Å². The SMILES string of the molecule is CCC(Sc1cccc(NC(=O)/C(=C\c2c(Cl)cccc2Cl)NC(=O)c2ccccc2)c1)C(=O)Nc1cc(C)c(Cl)cc1OC. The largest absolute Gasteiger partial charge is 0.495 e. The molecule has 45 heavy (non-hydrogen) atoms. The number of benzene rings is 4. The van der Waals surface area contributed by atoms with Gasteiger partial charge in [0.25, 0.3) is 11.8 Å². The van der Waals surface area contributed by atoms with Gasteiger partial charge < -0.3 is 20.7 Å². The molecule has 7 nitrogen and oxygen atoms in total. The lowest BCUT2D eigenvalue weighted by molar-refractivity contribution is -0.116. The van der Waals surface area contributed by atoms with Crippen LogP contribution in [0.3, 0.4) is 0 Å². The summed E-state index contributed by atoms with van der Waals surface area (Å²) >= 11 is 20.3. The summed E-state index contributed by atoms with van der Waals surface area (Å²) in [5.74, 6) is -0.812. The van der Waals surface area contributed by atoms with Crippen molar-refractivity contribution in [3.63, 3.8) is 0 Å². The summed E-state index contributed by atoms with van der Waals surface area (Å²) in [6.07, 6.45) is 1.97. The molecule has 0 bridgehead atoms. The van der Waals surface area contributed by atoms with Crippen LogP contribution in [0, 0.1) is 6.92 Å². The molecular weight excluding hydrogens is 653 g/mol. The Kier molecular flexibility index (Phi) is 12.0. The number of nitrogens with one attached hydrogen (secondary N) is 3. The van der Waals surface area contributed by atoms with E-state index in [0.29, 0.717) is 49.7 Å². The van der Waals surface area contributed by atoms with E-state index in [1.54, 1.807) is 78.9 Å². The molecule has 232 valence electrons. The third kappa shape index (κ3) is 9.05. The highest BCUT2D eigenvalue weighted by atomic mass is 35.5. The Morgan fingerprint density at radius 1 is 0.867 bits per heavy atom. The van der Waals surface area contributed by atoms with E-state index < -0.39 is 17.1 Å². The molecule has 0 heterocycles. The van der Waals surface area contributed by atoms with Crippen LogP contribution >= 0.6 is 46.6 Å². The van der Waals surface area contributed by atoms with Gasteiger partial charge in [-0.1, -0.05) is 72.1 Å². The molecule has 0 saturated heterocycles. The number of aryl methyl sites for hydroxylation is 1. The van der Waals surface area contributed by atoms with Gasteiger partial charge in [-0.3, -0.25) is 14.4 Å². The molecule has 4 aromatic carbocycles. The highest BCUT2D eigenvalue weighted by molar-refractivity contribution is 8.00. The van der Waals surface area contributed by atoms with Crippen molar-refractivity contribution < 1.29 is 19.1 Å². The predicted octanol–water partition coefficient (Wildman–Crippen LogP) is 8.88. The number of halogens is 3. The average molecular weight is 683 g/mol. The molecule has 0 radical (unpaired) electrons. The number of hydrogen-bond acceptors (Lipinski definition) is 5. The summed E-state index contributed by atoms with van der Waals surface area (Å²) < 4.78 is 5.39. The number of carbonyl (C=O) groups is 3. The maximum absolute atomic E-state index is 13.5. The molecule has 4 rings (SSSR count). The summed E-state index contributed by atoms with van der Waals surface area (Å²) in [5.41, 5.74) is 2.49. The molecule has 4 aromatic rings. The maximum atomic E-state index is 13.5. The van der Waals surface area contributed by atoms with Gasteiger partial charge in [-0.25, -0.2) is 0 Å². The predicted molar refractivity (Wildman–Crippen MR) is 185 cm³/mol. The van der Waals surface area contributed by atoms with Gasteiger partial charge in [0, 0.05) is 42.8 Å². The summed E-state index contributed by atoms with van der Waals surface area (Å²) in [7, 11) is 1.51. The molecule has 1 atom stereocenters. The molecule has 0 aliphatic rings. The second kappa shape index (κ2) is 15.9. The minimum atomic E-state index is -0.590. The van der Waals surface area contributed by atoms with E-state index >= 15 is 0 Å². The van der Waals surface area contributed by atoms with Crippen LogP contribution in [0.15, 0.2) is 95.5 Å². The van der Waals surface area contributed by atoms with E-state index in [1.807, 2.05) is 19.9 Å². The van der Waals surface area contributed by atoms with Crippen molar-refractivity contribution in [1.82, 2.24) is 5.32 Å². The molecular formula is C34H30Cl3N3O4S. The first-order chi connectivity index (χ1) is 21.6. The lowest BCUT2D eigenvalue weighted by Gasteiger charge is -2.18. The molecule has 0 aliphatic carbocycles. The van der Waals surface area contributed by atoms with E-state index in [9.17, 15) is 14.4 Å². The third-order valence-corrected chi connectivity index (χ3v) is 9.01. The Balaban J connectivity index is 1.54. The lowest BCUT2D eigenvalue weighted by atomic mass is 10.1. The van der Waals surface area contributed by atoms with Crippen LogP contribution < -0.4 is 20.7 Å². The number of carbonyl (C=O) groups excluding carboxylic acids is 3. The summed E-state index contributed by atoms with van der Waals surface area (Å²) in [6.45, 7) is 3.76. The van der Waals surface area contributed by atoms with Crippen LogP contribution in [-0.4, -0.2) is 30.1 Å². The minimum absolute atomic E-state index is 0.0603. The maximum Gasteiger partial charge on any atom is 0.272 e. The fourth-order valence-electron chi connectivity index (χ4n) is 4.21. The molecule has 0 fully saturated rings. The molecule has 0 aliphatic heterocycles. The van der Waals surface area contributed by atoms with E-state index in [4.69, 9.17) is 39.5 Å². The summed E-state index contributed by atoms with van der Waals surface area (Å²) in [6, 6.07) is 24.0. The van der Waals surface area contributed by atoms with Crippen LogP contribution in [0.5, 0.6) is 5.75 Å². The van der Waals surface area contributed by atoms with E-state index in [-0.39, 0.29) is 11.6 Å². The third-order valence-electron chi connectivity index (χ3n) is 6.59. The van der Waals surface area contributed by atoms with Crippen LogP contribution in [-0.2, 0) is 9.59 Å². The monoisotopic (exact) mass is 681 g/mol. The van der Waals surface area contributed by atoms with Gasteiger partial charge in [0.15, 0.2) is 0 Å². The zero-order valence-electron chi connectivity index (χ0n) is 24.6. The average Bonchev–Trinajstić information content (AvgIpc) is 3.03. The molecule has 0 aromatic heterocycles. The Morgan fingerprint density at radius 2 is 1.56 bits per heavy atom.